The summed E-state index contributed by atoms with van der Waals surface area (Å²) in [5, 5.41) is 0. The highest BCUT2D eigenvalue weighted by Gasteiger charge is 2.25. The van der Waals surface area contributed by atoms with E-state index in [2.05, 4.69) is 36.1 Å². The SMILES string of the molecule is Cc1cccc(CN2CCC(C(=O)N(C)C)CC2)c1. The molecule has 0 N–H and O–H groups in total. The molecule has 1 aliphatic rings. The number of rotatable bonds is 3. The van der Waals surface area contributed by atoms with Gasteiger partial charge >= 0.3 is 0 Å². The zero-order chi connectivity index (χ0) is 13.8. The second-order valence-electron chi connectivity index (χ2n) is 5.77. The summed E-state index contributed by atoms with van der Waals surface area (Å²) in [5.74, 6) is 0.513. The molecular weight excluding hydrogens is 236 g/mol. The molecule has 0 aromatic heterocycles. The Morgan fingerprint density at radius 1 is 1.32 bits per heavy atom. The van der Waals surface area contributed by atoms with Gasteiger partial charge in [0.05, 0.1) is 0 Å². The van der Waals surface area contributed by atoms with Crippen LogP contribution in [0.1, 0.15) is 24.0 Å². The maximum Gasteiger partial charge on any atom is 0.225 e. The highest BCUT2D eigenvalue weighted by atomic mass is 16.2. The van der Waals surface area contributed by atoms with Crippen molar-refractivity contribution in [2.45, 2.75) is 26.3 Å². The largest absolute Gasteiger partial charge is 0.349 e. The van der Waals surface area contributed by atoms with Crippen molar-refractivity contribution in [3.05, 3.63) is 35.4 Å². The third-order valence-corrected chi connectivity index (χ3v) is 3.87. The zero-order valence-electron chi connectivity index (χ0n) is 12.2. The van der Waals surface area contributed by atoms with Crippen LogP contribution in [0.4, 0.5) is 0 Å². The first-order valence-corrected chi connectivity index (χ1v) is 7.05. The Morgan fingerprint density at radius 3 is 2.58 bits per heavy atom. The maximum absolute atomic E-state index is 11.9. The van der Waals surface area contributed by atoms with Crippen LogP contribution in [0, 0.1) is 12.8 Å². The Balaban J connectivity index is 1.85. The van der Waals surface area contributed by atoms with Crippen LogP contribution in [0.15, 0.2) is 24.3 Å². The van der Waals surface area contributed by atoms with E-state index in [0.717, 1.165) is 32.5 Å². The molecule has 3 heteroatoms. The van der Waals surface area contributed by atoms with Gasteiger partial charge in [0.15, 0.2) is 0 Å². The van der Waals surface area contributed by atoms with Gasteiger partial charge in [-0.1, -0.05) is 29.8 Å². The van der Waals surface area contributed by atoms with Crippen molar-refractivity contribution < 1.29 is 4.79 Å². The second-order valence-corrected chi connectivity index (χ2v) is 5.77. The van der Waals surface area contributed by atoms with Crippen molar-refractivity contribution in [2.24, 2.45) is 5.92 Å². The lowest BCUT2D eigenvalue weighted by molar-refractivity contribution is -0.134. The molecule has 104 valence electrons. The van der Waals surface area contributed by atoms with Crippen LogP contribution in [0.2, 0.25) is 0 Å². The van der Waals surface area contributed by atoms with E-state index >= 15 is 0 Å². The van der Waals surface area contributed by atoms with E-state index in [9.17, 15) is 4.79 Å². The topological polar surface area (TPSA) is 23.6 Å². The number of likely N-dealkylation sites (tertiary alicyclic amines) is 1. The van der Waals surface area contributed by atoms with E-state index in [1.165, 1.54) is 11.1 Å². The van der Waals surface area contributed by atoms with E-state index in [-0.39, 0.29) is 11.8 Å². The second kappa shape index (κ2) is 6.20. The number of amides is 1. The Labute approximate surface area is 116 Å². The summed E-state index contributed by atoms with van der Waals surface area (Å²) in [6.07, 6.45) is 1.98. The van der Waals surface area contributed by atoms with Crippen molar-refractivity contribution >= 4 is 5.91 Å². The summed E-state index contributed by atoms with van der Waals surface area (Å²) >= 11 is 0. The zero-order valence-corrected chi connectivity index (χ0v) is 12.2. The third-order valence-electron chi connectivity index (χ3n) is 3.87. The maximum atomic E-state index is 11.9. The minimum absolute atomic E-state index is 0.226. The minimum atomic E-state index is 0.226. The van der Waals surface area contributed by atoms with Gasteiger partial charge in [-0.3, -0.25) is 9.69 Å². The fourth-order valence-electron chi connectivity index (χ4n) is 2.77. The average molecular weight is 260 g/mol. The monoisotopic (exact) mass is 260 g/mol. The minimum Gasteiger partial charge on any atom is -0.349 e. The van der Waals surface area contributed by atoms with Crippen LogP contribution < -0.4 is 0 Å². The number of carbonyl (C=O) groups excluding carboxylic acids is 1. The molecule has 3 nitrogen and oxygen atoms in total. The molecule has 0 spiro atoms. The quantitative estimate of drug-likeness (QED) is 0.832. The van der Waals surface area contributed by atoms with Crippen LogP contribution in [0.25, 0.3) is 0 Å². The van der Waals surface area contributed by atoms with Crippen LogP contribution in [-0.2, 0) is 11.3 Å². The number of carbonyl (C=O) groups is 1. The number of hydrogen-bond donors (Lipinski definition) is 0. The molecule has 0 saturated carbocycles. The summed E-state index contributed by atoms with van der Waals surface area (Å²) in [6, 6.07) is 8.68. The van der Waals surface area contributed by atoms with Crippen LogP contribution >= 0.6 is 0 Å². The van der Waals surface area contributed by atoms with Gasteiger partial charge in [0.1, 0.15) is 0 Å². The molecule has 1 aromatic carbocycles. The summed E-state index contributed by atoms with van der Waals surface area (Å²) < 4.78 is 0. The van der Waals surface area contributed by atoms with Gasteiger partial charge in [0.2, 0.25) is 5.91 Å². The van der Waals surface area contributed by atoms with Crippen molar-refractivity contribution in [3.8, 4) is 0 Å². The van der Waals surface area contributed by atoms with Gasteiger partial charge in [0.25, 0.3) is 0 Å². The normalized spacial score (nSPS) is 17.4. The number of nitrogens with zero attached hydrogens (tertiary/aromatic N) is 2. The highest BCUT2D eigenvalue weighted by molar-refractivity contribution is 5.78. The molecule has 2 rings (SSSR count). The first-order valence-electron chi connectivity index (χ1n) is 7.05. The van der Waals surface area contributed by atoms with Crippen LogP contribution in [-0.4, -0.2) is 42.9 Å². The molecule has 0 atom stereocenters. The average Bonchev–Trinajstić information content (AvgIpc) is 2.39. The molecule has 19 heavy (non-hydrogen) atoms. The number of benzene rings is 1. The first-order chi connectivity index (χ1) is 9.06. The number of aryl methyl sites for hydroxylation is 1. The molecule has 1 saturated heterocycles. The first kappa shape index (κ1) is 14.1. The predicted octanol–water partition coefficient (Wildman–Crippen LogP) is 2.30. The fourth-order valence-corrected chi connectivity index (χ4v) is 2.77. The Kier molecular flexibility index (Phi) is 4.59. The molecule has 1 amide bonds. The number of piperidine rings is 1. The van der Waals surface area contributed by atoms with Crippen LogP contribution in [0.5, 0.6) is 0 Å². The molecule has 1 aliphatic heterocycles. The lowest BCUT2D eigenvalue weighted by atomic mass is 9.95. The third kappa shape index (κ3) is 3.80. The summed E-state index contributed by atoms with van der Waals surface area (Å²) in [4.78, 5) is 16.1. The molecule has 1 fully saturated rings. The van der Waals surface area contributed by atoms with Gasteiger partial charge in [0, 0.05) is 26.6 Å². The van der Waals surface area contributed by atoms with E-state index in [0.29, 0.717) is 0 Å². The van der Waals surface area contributed by atoms with Crippen LogP contribution in [0.3, 0.4) is 0 Å². The van der Waals surface area contributed by atoms with Gasteiger partial charge < -0.3 is 4.90 Å². The Morgan fingerprint density at radius 2 is 2.00 bits per heavy atom. The standard InChI is InChI=1S/C16H24N2O/c1-13-5-4-6-14(11-13)12-18-9-7-15(8-10-18)16(19)17(2)3/h4-6,11,15H,7-10,12H2,1-3H3. The lowest BCUT2D eigenvalue weighted by Gasteiger charge is -2.32. The van der Waals surface area contributed by atoms with Crippen molar-refractivity contribution in [3.63, 3.8) is 0 Å². The summed E-state index contributed by atoms with van der Waals surface area (Å²) in [7, 11) is 3.70. The summed E-state index contributed by atoms with van der Waals surface area (Å²) in [6.45, 7) is 5.19. The molecule has 0 aliphatic carbocycles. The van der Waals surface area contributed by atoms with E-state index in [1.807, 2.05) is 14.1 Å². The molecular formula is C16H24N2O. The Hall–Kier alpha value is -1.35. The highest BCUT2D eigenvalue weighted by Crippen LogP contribution is 2.20. The molecule has 0 radical (unpaired) electrons. The van der Waals surface area contributed by atoms with Crippen molar-refractivity contribution in [1.82, 2.24) is 9.80 Å². The molecule has 1 heterocycles. The molecule has 0 unspecified atom stereocenters. The lowest BCUT2D eigenvalue weighted by Crippen LogP contribution is -2.39. The van der Waals surface area contributed by atoms with E-state index in [4.69, 9.17) is 0 Å². The fraction of sp³-hybridized carbons (Fsp3) is 0.562. The summed E-state index contributed by atoms with van der Waals surface area (Å²) in [5.41, 5.74) is 2.69. The molecule has 0 bridgehead atoms. The van der Waals surface area contributed by atoms with Gasteiger partial charge in [-0.05, 0) is 38.4 Å². The smallest absolute Gasteiger partial charge is 0.225 e. The predicted molar refractivity (Wildman–Crippen MR) is 77.9 cm³/mol. The van der Waals surface area contributed by atoms with Gasteiger partial charge in [-0.15, -0.1) is 0 Å². The van der Waals surface area contributed by atoms with Crippen molar-refractivity contribution in [2.75, 3.05) is 27.2 Å². The molecule has 1 aromatic rings. The van der Waals surface area contributed by atoms with Gasteiger partial charge in [-0.2, -0.15) is 0 Å². The van der Waals surface area contributed by atoms with Gasteiger partial charge in [-0.25, -0.2) is 0 Å². The Bertz CT molecular complexity index is 434. The van der Waals surface area contributed by atoms with E-state index < -0.39 is 0 Å². The van der Waals surface area contributed by atoms with Crippen molar-refractivity contribution in [1.29, 1.82) is 0 Å². The number of hydrogen-bond acceptors (Lipinski definition) is 2. The van der Waals surface area contributed by atoms with E-state index in [1.54, 1.807) is 4.90 Å².